The van der Waals surface area contributed by atoms with E-state index in [1.807, 2.05) is 30.3 Å². The molecule has 1 amide bonds. The Morgan fingerprint density at radius 3 is 2.90 bits per heavy atom. The van der Waals surface area contributed by atoms with Crippen molar-refractivity contribution in [2.45, 2.75) is 26.1 Å². The monoisotopic (exact) mass is 452 g/mol. The lowest BCUT2D eigenvalue weighted by Gasteiger charge is -2.28. The second kappa shape index (κ2) is 8.74. The maximum Gasteiger partial charge on any atom is 0.272 e. The minimum atomic E-state index is -0.273. The average Bonchev–Trinajstić information content (AvgIpc) is 3.36. The Kier molecular flexibility index (Phi) is 5.67. The highest BCUT2D eigenvalue weighted by Gasteiger charge is 2.21. The van der Waals surface area contributed by atoms with Gasteiger partial charge in [0.15, 0.2) is 5.69 Å². The van der Waals surface area contributed by atoms with Gasteiger partial charge in [-0.3, -0.25) is 14.7 Å². The predicted octanol–water partition coefficient (Wildman–Crippen LogP) is 3.53. The zero-order chi connectivity index (χ0) is 21.2. The van der Waals surface area contributed by atoms with Crippen molar-refractivity contribution in [2.24, 2.45) is 0 Å². The molecule has 5 rings (SSSR count). The largest absolute Gasteiger partial charge is 0.345 e. The number of para-hydroxylation sites is 2. The summed E-state index contributed by atoms with van der Waals surface area (Å²) < 4.78 is 2.71. The van der Waals surface area contributed by atoms with Gasteiger partial charge in [0.2, 0.25) is 0 Å². The van der Waals surface area contributed by atoms with Crippen LogP contribution >= 0.6 is 22.9 Å². The molecule has 0 bridgehead atoms. The van der Waals surface area contributed by atoms with Gasteiger partial charge in [0.05, 0.1) is 34.9 Å². The number of hydrogen-bond acceptors (Lipinski definition) is 6. The quantitative estimate of drug-likeness (QED) is 0.484. The van der Waals surface area contributed by atoms with E-state index in [-0.39, 0.29) is 5.91 Å². The van der Waals surface area contributed by atoms with Crippen molar-refractivity contribution >= 4 is 39.9 Å². The molecule has 0 saturated heterocycles. The SMILES string of the molecule is O=C(NCc1ccccn1)c1nc(CCN2CCc3nc4ccccc4n3C2)sc1Cl. The number of nitrogens with zero attached hydrogens (tertiary/aromatic N) is 5. The van der Waals surface area contributed by atoms with Crippen molar-refractivity contribution < 1.29 is 4.79 Å². The number of aromatic nitrogens is 4. The molecule has 1 aromatic carbocycles. The summed E-state index contributed by atoms with van der Waals surface area (Å²) in [5.41, 5.74) is 3.30. The summed E-state index contributed by atoms with van der Waals surface area (Å²) in [6.07, 6.45) is 3.37. The van der Waals surface area contributed by atoms with Gasteiger partial charge in [-0.15, -0.1) is 11.3 Å². The number of amides is 1. The Labute approximate surface area is 188 Å². The normalized spacial score (nSPS) is 14.0. The summed E-state index contributed by atoms with van der Waals surface area (Å²) in [7, 11) is 0. The molecule has 0 unspecified atom stereocenters. The molecule has 31 heavy (non-hydrogen) atoms. The van der Waals surface area contributed by atoms with Crippen molar-refractivity contribution in [2.75, 3.05) is 13.1 Å². The van der Waals surface area contributed by atoms with Crippen LogP contribution in [-0.4, -0.2) is 43.4 Å². The fourth-order valence-corrected chi connectivity index (χ4v) is 4.95. The zero-order valence-corrected chi connectivity index (χ0v) is 18.4. The molecule has 1 N–H and O–H groups in total. The molecule has 158 valence electrons. The van der Waals surface area contributed by atoms with E-state index < -0.39 is 0 Å². The smallest absolute Gasteiger partial charge is 0.272 e. The van der Waals surface area contributed by atoms with Gasteiger partial charge in [-0.1, -0.05) is 29.8 Å². The number of pyridine rings is 1. The Morgan fingerprint density at radius 1 is 1.16 bits per heavy atom. The summed E-state index contributed by atoms with van der Waals surface area (Å²) in [5, 5.41) is 3.71. The highest BCUT2D eigenvalue weighted by atomic mass is 35.5. The van der Waals surface area contributed by atoms with Crippen LogP contribution in [0.15, 0.2) is 48.7 Å². The van der Waals surface area contributed by atoms with Crippen molar-refractivity contribution in [1.29, 1.82) is 0 Å². The molecule has 3 aromatic heterocycles. The Balaban J connectivity index is 1.20. The van der Waals surface area contributed by atoms with Crippen LogP contribution in [0.2, 0.25) is 4.34 Å². The number of nitrogens with one attached hydrogen (secondary N) is 1. The fraction of sp³-hybridized carbons (Fsp3) is 0.273. The van der Waals surface area contributed by atoms with E-state index in [1.54, 1.807) is 6.20 Å². The molecule has 4 heterocycles. The van der Waals surface area contributed by atoms with E-state index >= 15 is 0 Å². The summed E-state index contributed by atoms with van der Waals surface area (Å²) >= 11 is 7.69. The average molecular weight is 453 g/mol. The first-order valence-corrected chi connectivity index (χ1v) is 11.4. The van der Waals surface area contributed by atoms with E-state index in [4.69, 9.17) is 16.6 Å². The van der Waals surface area contributed by atoms with Crippen LogP contribution in [0.3, 0.4) is 0 Å². The minimum Gasteiger partial charge on any atom is -0.345 e. The van der Waals surface area contributed by atoms with E-state index in [1.165, 1.54) is 16.9 Å². The van der Waals surface area contributed by atoms with Gasteiger partial charge in [0, 0.05) is 32.1 Å². The predicted molar refractivity (Wildman–Crippen MR) is 121 cm³/mol. The van der Waals surface area contributed by atoms with E-state index in [9.17, 15) is 4.79 Å². The van der Waals surface area contributed by atoms with E-state index in [2.05, 4.69) is 36.9 Å². The maximum absolute atomic E-state index is 12.5. The molecule has 4 aromatic rings. The Morgan fingerprint density at radius 2 is 2.03 bits per heavy atom. The molecule has 1 aliphatic heterocycles. The second-order valence-electron chi connectivity index (χ2n) is 7.44. The molecular weight excluding hydrogens is 432 g/mol. The van der Waals surface area contributed by atoms with Crippen molar-refractivity contribution in [3.63, 3.8) is 0 Å². The van der Waals surface area contributed by atoms with Crippen LogP contribution in [0.4, 0.5) is 0 Å². The molecule has 0 aliphatic carbocycles. The topological polar surface area (TPSA) is 75.9 Å². The van der Waals surface area contributed by atoms with Crippen LogP contribution in [0.5, 0.6) is 0 Å². The Hall–Kier alpha value is -2.81. The van der Waals surface area contributed by atoms with Gasteiger partial charge < -0.3 is 9.88 Å². The zero-order valence-electron chi connectivity index (χ0n) is 16.8. The van der Waals surface area contributed by atoms with Crippen LogP contribution in [0.25, 0.3) is 11.0 Å². The van der Waals surface area contributed by atoms with Gasteiger partial charge in [-0.05, 0) is 24.3 Å². The number of imidazole rings is 1. The molecule has 1 aliphatic rings. The van der Waals surface area contributed by atoms with Gasteiger partial charge in [-0.25, -0.2) is 9.97 Å². The van der Waals surface area contributed by atoms with Crippen molar-refractivity contribution in [1.82, 2.24) is 29.7 Å². The first kappa shape index (κ1) is 20.1. The van der Waals surface area contributed by atoms with Gasteiger partial charge >= 0.3 is 0 Å². The molecule has 0 saturated carbocycles. The highest BCUT2D eigenvalue weighted by Crippen LogP contribution is 2.26. The molecule has 7 nitrogen and oxygen atoms in total. The number of benzene rings is 1. The molecule has 0 atom stereocenters. The first-order valence-electron chi connectivity index (χ1n) is 10.2. The van der Waals surface area contributed by atoms with Gasteiger partial charge in [0.25, 0.3) is 5.91 Å². The third-order valence-corrected chi connectivity index (χ3v) is 6.68. The van der Waals surface area contributed by atoms with Crippen LogP contribution in [-0.2, 0) is 26.1 Å². The fourth-order valence-electron chi connectivity index (χ4n) is 3.79. The molecule has 0 fully saturated rings. The number of thiazole rings is 1. The number of rotatable bonds is 6. The van der Waals surface area contributed by atoms with Crippen LogP contribution < -0.4 is 5.32 Å². The lowest BCUT2D eigenvalue weighted by Crippen LogP contribution is -2.35. The van der Waals surface area contributed by atoms with Gasteiger partial charge in [-0.2, -0.15) is 0 Å². The van der Waals surface area contributed by atoms with Gasteiger partial charge in [0.1, 0.15) is 10.2 Å². The van der Waals surface area contributed by atoms with E-state index in [0.29, 0.717) is 16.6 Å². The lowest BCUT2D eigenvalue weighted by atomic mass is 10.3. The number of carbonyl (C=O) groups is 1. The summed E-state index contributed by atoms with van der Waals surface area (Å²) in [6, 6.07) is 13.8. The molecule has 0 radical (unpaired) electrons. The van der Waals surface area contributed by atoms with E-state index in [0.717, 1.165) is 54.6 Å². The summed E-state index contributed by atoms with van der Waals surface area (Å²) in [4.78, 5) is 28.3. The number of halogens is 1. The summed E-state index contributed by atoms with van der Waals surface area (Å²) in [6.45, 7) is 2.97. The minimum absolute atomic E-state index is 0.273. The third kappa shape index (κ3) is 4.32. The van der Waals surface area contributed by atoms with Crippen molar-refractivity contribution in [3.05, 3.63) is 75.2 Å². The number of fused-ring (bicyclic) bond motifs is 3. The molecular formula is C22H21ClN6OS. The highest BCUT2D eigenvalue weighted by molar-refractivity contribution is 7.16. The molecule has 9 heteroatoms. The standard InChI is InChI=1S/C22H21ClN6OS/c23-21-20(22(30)25-13-15-5-3-4-10-24-15)27-19(31-21)9-12-28-11-8-18-26-16-6-1-2-7-17(16)29(18)14-28/h1-7,10H,8-9,11-14H2,(H,25,30). The number of hydrogen-bond donors (Lipinski definition) is 1. The second-order valence-corrected chi connectivity index (χ2v) is 9.12. The van der Waals surface area contributed by atoms with Crippen molar-refractivity contribution in [3.8, 4) is 0 Å². The maximum atomic E-state index is 12.5. The third-order valence-electron chi connectivity index (χ3n) is 5.37. The lowest BCUT2D eigenvalue weighted by molar-refractivity contribution is 0.0946. The summed E-state index contributed by atoms with van der Waals surface area (Å²) in [5.74, 6) is 0.868. The van der Waals surface area contributed by atoms with Crippen LogP contribution in [0, 0.1) is 0 Å². The first-order chi connectivity index (χ1) is 15.2. The Bertz CT molecular complexity index is 1220. The number of carbonyl (C=O) groups excluding carboxylic acids is 1. The van der Waals surface area contributed by atoms with Crippen LogP contribution in [0.1, 0.15) is 27.0 Å². The molecule has 0 spiro atoms.